The van der Waals surface area contributed by atoms with Gasteiger partial charge in [0.15, 0.2) is 6.04 Å². The van der Waals surface area contributed by atoms with Gasteiger partial charge in [-0.25, -0.2) is 4.79 Å². The zero-order valence-corrected chi connectivity index (χ0v) is 12.1. The molecule has 1 aromatic rings. The molecule has 0 aliphatic heterocycles. The number of aliphatic carboxylic acids is 1. The van der Waals surface area contributed by atoms with E-state index in [0.29, 0.717) is 5.82 Å². The molecule has 19 heavy (non-hydrogen) atoms. The van der Waals surface area contributed by atoms with Crippen molar-refractivity contribution in [1.29, 1.82) is 0 Å². The Bertz CT molecular complexity index is 410. The number of ether oxygens (including phenoxy) is 1. The number of carboxylic acid groups (broad SMARTS) is 1. The first-order valence-corrected chi connectivity index (χ1v) is 6.60. The van der Waals surface area contributed by atoms with Crippen LogP contribution in [0.2, 0.25) is 0 Å². The molecule has 1 rings (SSSR count). The summed E-state index contributed by atoms with van der Waals surface area (Å²) < 4.78 is 7.18. The van der Waals surface area contributed by atoms with Crippen LogP contribution >= 0.6 is 0 Å². The van der Waals surface area contributed by atoms with Crippen molar-refractivity contribution < 1.29 is 14.6 Å². The molecule has 0 spiro atoms. The van der Waals surface area contributed by atoms with E-state index in [9.17, 15) is 9.90 Å². The number of unbranched alkanes of at least 4 members (excludes halogenated alkanes) is 1. The van der Waals surface area contributed by atoms with Crippen LogP contribution in [0, 0.1) is 0 Å². The van der Waals surface area contributed by atoms with Crippen molar-refractivity contribution in [3.8, 4) is 0 Å². The van der Waals surface area contributed by atoms with E-state index < -0.39 is 12.0 Å². The van der Waals surface area contributed by atoms with Crippen LogP contribution in [0.3, 0.4) is 0 Å². The molecule has 1 unspecified atom stereocenters. The third-order valence-corrected chi connectivity index (χ3v) is 2.70. The van der Waals surface area contributed by atoms with Crippen molar-refractivity contribution in [3.05, 3.63) is 12.2 Å². The van der Waals surface area contributed by atoms with Gasteiger partial charge in [-0.05, 0) is 27.2 Å². The first-order chi connectivity index (χ1) is 8.85. The van der Waals surface area contributed by atoms with Crippen LogP contribution < -0.4 is 0 Å². The highest BCUT2D eigenvalue weighted by Crippen LogP contribution is 2.16. The zero-order valence-electron chi connectivity index (χ0n) is 12.1. The molecular weight excluding hydrogens is 246 g/mol. The van der Waals surface area contributed by atoms with Gasteiger partial charge in [-0.3, -0.25) is 0 Å². The minimum Gasteiger partial charge on any atom is -0.480 e. The molecule has 1 atom stereocenters. The molecule has 0 amide bonds. The third kappa shape index (κ3) is 4.98. The molecule has 0 saturated heterocycles. The third-order valence-electron chi connectivity index (χ3n) is 2.70. The highest BCUT2D eigenvalue weighted by atomic mass is 16.5. The van der Waals surface area contributed by atoms with Crippen molar-refractivity contribution in [2.45, 2.75) is 58.6 Å². The molecule has 1 heterocycles. The van der Waals surface area contributed by atoms with Gasteiger partial charge < -0.3 is 14.4 Å². The maximum absolute atomic E-state index is 11.4. The summed E-state index contributed by atoms with van der Waals surface area (Å²) in [6.45, 7) is 7.89. The lowest BCUT2D eigenvalue weighted by Crippen LogP contribution is -2.30. The Morgan fingerprint density at radius 3 is 2.74 bits per heavy atom. The SMILES string of the molecule is CCCCc1nncn1C(COC(C)(C)C)C(=O)O. The summed E-state index contributed by atoms with van der Waals surface area (Å²) in [5, 5.41) is 17.1. The zero-order chi connectivity index (χ0) is 14.5. The number of hydrogen-bond acceptors (Lipinski definition) is 4. The summed E-state index contributed by atoms with van der Waals surface area (Å²) in [6, 6.07) is -0.777. The Balaban J connectivity index is 2.81. The van der Waals surface area contributed by atoms with Crippen LogP contribution in [-0.4, -0.2) is 38.0 Å². The molecule has 6 heteroatoms. The molecule has 0 aliphatic rings. The first-order valence-electron chi connectivity index (χ1n) is 6.60. The summed E-state index contributed by atoms with van der Waals surface area (Å²) in [7, 11) is 0. The van der Waals surface area contributed by atoms with Gasteiger partial charge in [0.2, 0.25) is 0 Å². The van der Waals surface area contributed by atoms with Crippen LogP contribution in [0.1, 0.15) is 52.4 Å². The molecule has 0 bridgehead atoms. The molecular formula is C13H23N3O3. The number of carboxylic acids is 1. The Kier molecular flexibility index (Phi) is 5.47. The van der Waals surface area contributed by atoms with E-state index in [1.165, 1.54) is 6.33 Å². The Hall–Kier alpha value is -1.43. The second kappa shape index (κ2) is 6.65. The van der Waals surface area contributed by atoms with Crippen LogP contribution in [0.15, 0.2) is 6.33 Å². The van der Waals surface area contributed by atoms with Crippen molar-refractivity contribution in [3.63, 3.8) is 0 Å². The number of hydrogen-bond donors (Lipinski definition) is 1. The van der Waals surface area contributed by atoms with Crippen molar-refractivity contribution >= 4 is 5.97 Å². The van der Waals surface area contributed by atoms with E-state index in [1.54, 1.807) is 4.57 Å². The molecule has 1 N–H and O–H groups in total. The molecule has 108 valence electrons. The Morgan fingerprint density at radius 2 is 2.21 bits per heavy atom. The maximum Gasteiger partial charge on any atom is 0.329 e. The average molecular weight is 269 g/mol. The van der Waals surface area contributed by atoms with Gasteiger partial charge in [0, 0.05) is 6.42 Å². The van der Waals surface area contributed by atoms with Gasteiger partial charge in [-0.2, -0.15) is 0 Å². The van der Waals surface area contributed by atoms with E-state index in [1.807, 2.05) is 20.8 Å². The minimum atomic E-state index is -0.929. The predicted molar refractivity (Wildman–Crippen MR) is 71.0 cm³/mol. The summed E-state index contributed by atoms with van der Waals surface area (Å²) in [4.78, 5) is 11.4. The monoisotopic (exact) mass is 269 g/mol. The molecule has 0 aliphatic carbocycles. The first kappa shape index (κ1) is 15.6. The van der Waals surface area contributed by atoms with E-state index in [-0.39, 0.29) is 12.2 Å². The standard InChI is InChI=1S/C13H23N3O3/c1-5-6-7-11-15-14-9-16(11)10(12(17)18)8-19-13(2,3)4/h9-10H,5-8H2,1-4H3,(H,17,18). The van der Waals surface area contributed by atoms with E-state index in [0.717, 1.165) is 19.3 Å². The summed E-state index contributed by atoms with van der Waals surface area (Å²) in [5.41, 5.74) is -0.370. The lowest BCUT2D eigenvalue weighted by Gasteiger charge is -2.23. The Labute approximate surface area is 113 Å². The van der Waals surface area contributed by atoms with Crippen molar-refractivity contribution in [2.75, 3.05) is 6.61 Å². The van der Waals surface area contributed by atoms with Gasteiger partial charge in [-0.1, -0.05) is 13.3 Å². The van der Waals surface area contributed by atoms with Crippen LogP contribution in [0.25, 0.3) is 0 Å². The van der Waals surface area contributed by atoms with Gasteiger partial charge in [-0.15, -0.1) is 10.2 Å². The quantitative estimate of drug-likeness (QED) is 0.819. The second-order valence-electron chi connectivity index (χ2n) is 5.54. The number of carbonyl (C=O) groups is 1. The summed E-state index contributed by atoms with van der Waals surface area (Å²) >= 11 is 0. The maximum atomic E-state index is 11.4. The van der Waals surface area contributed by atoms with Crippen LogP contribution in [0.5, 0.6) is 0 Å². The number of aryl methyl sites for hydroxylation is 1. The fraction of sp³-hybridized carbons (Fsp3) is 0.769. The van der Waals surface area contributed by atoms with Gasteiger partial charge in [0.25, 0.3) is 0 Å². The lowest BCUT2D eigenvalue weighted by atomic mass is 10.2. The predicted octanol–water partition coefficient (Wildman–Crippen LogP) is 2.06. The summed E-state index contributed by atoms with van der Waals surface area (Å²) in [5.74, 6) is -0.228. The fourth-order valence-electron chi connectivity index (χ4n) is 1.64. The normalized spacial score (nSPS) is 13.5. The van der Waals surface area contributed by atoms with E-state index >= 15 is 0 Å². The largest absolute Gasteiger partial charge is 0.480 e. The molecule has 0 aromatic carbocycles. The summed E-state index contributed by atoms with van der Waals surface area (Å²) in [6.07, 6.45) is 4.19. The lowest BCUT2D eigenvalue weighted by molar-refractivity contribution is -0.144. The highest BCUT2D eigenvalue weighted by Gasteiger charge is 2.25. The molecule has 1 aromatic heterocycles. The van der Waals surface area contributed by atoms with Crippen molar-refractivity contribution in [1.82, 2.24) is 14.8 Å². The number of nitrogens with zero attached hydrogens (tertiary/aromatic N) is 3. The van der Waals surface area contributed by atoms with Crippen LogP contribution in [0.4, 0.5) is 0 Å². The number of rotatable bonds is 7. The molecule has 0 fully saturated rings. The highest BCUT2D eigenvalue weighted by molar-refractivity contribution is 5.72. The van der Waals surface area contributed by atoms with Crippen molar-refractivity contribution in [2.24, 2.45) is 0 Å². The van der Waals surface area contributed by atoms with Gasteiger partial charge >= 0.3 is 5.97 Å². The molecule has 6 nitrogen and oxygen atoms in total. The van der Waals surface area contributed by atoms with Gasteiger partial charge in [0.05, 0.1) is 12.2 Å². The Morgan fingerprint density at radius 1 is 1.53 bits per heavy atom. The topological polar surface area (TPSA) is 77.2 Å². The average Bonchev–Trinajstić information content (AvgIpc) is 2.73. The van der Waals surface area contributed by atoms with E-state index in [2.05, 4.69) is 17.1 Å². The smallest absolute Gasteiger partial charge is 0.329 e. The molecule has 0 radical (unpaired) electrons. The van der Waals surface area contributed by atoms with Crippen LogP contribution in [-0.2, 0) is 16.0 Å². The number of aromatic nitrogens is 3. The minimum absolute atomic E-state index is 0.107. The van der Waals surface area contributed by atoms with Gasteiger partial charge in [0.1, 0.15) is 12.2 Å². The fourth-order valence-corrected chi connectivity index (χ4v) is 1.64. The van der Waals surface area contributed by atoms with E-state index in [4.69, 9.17) is 4.74 Å². The second-order valence-corrected chi connectivity index (χ2v) is 5.54. The molecule has 0 saturated carbocycles.